The number of halogens is 1. The van der Waals surface area contributed by atoms with Gasteiger partial charge in [-0.05, 0) is 48.9 Å². The van der Waals surface area contributed by atoms with E-state index in [-0.39, 0.29) is 5.54 Å². The van der Waals surface area contributed by atoms with Gasteiger partial charge < -0.3 is 14.4 Å². The van der Waals surface area contributed by atoms with Gasteiger partial charge >= 0.3 is 0 Å². The van der Waals surface area contributed by atoms with E-state index in [4.69, 9.17) is 4.42 Å². The summed E-state index contributed by atoms with van der Waals surface area (Å²) >= 11 is 3.43. The Bertz CT molecular complexity index is 369. The van der Waals surface area contributed by atoms with Crippen molar-refractivity contribution >= 4 is 15.9 Å². The van der Waals surface area contributed by atoms with Gasteiger partial charge in [0.05, 0.1) is 16.3 Å². The molecule has 1 aromatic heterocycles. The van der Waals surface area contributed by atoms with Gasteiger partial charge in [-0.1, -0.05) is 19.3 Å². The van der Waals surface area contributed by atoms with Gasteiger partial charge in [0.15, 0.2) is 0 Å². The van der Waals surface area contributed by atoms with E-state index in [1.54, 1.807) is 6.26 Å². The molecule has 1 heterocycles. The highest BCUT2D eigenvalue weighted by atomic mass is 79.9. The van der Waals surface area contributed by atoms with Crippen molar-refractivity contribution in [2.75, 3.05) is 14.1 Å². The molecule has 0 bridgehead atoms. The van der Waals surface area contributed by atoms with Gasteiger partial charge in [-0.2, -0.15) is 0 Å². The quantitative estimate of drug-likeness (QED) is 0.930. The predicted molar refractivity (Wildman–Crippen MR) is 70.9 cm³/mol. The third-order valence-electron chi connectivity index (χ3n) is 4.01. The Kier molecular flexibility index (Phi) is 3.95. The zero-order chi connectivity index (χ0) is 12.5. The lowest BCUT2D eigenvalue weighted by atomic mass is 9.76. The molecule has 1 aromatic rings. The molecule has 0 aliphatic heterocycles. The van der Waals surface area contributed by atoms with Crippen LogP contribution in [-0.2, 0) is 0 Å². The molecule has 0 spiro atoms. The van der Waals surface area contributed by atoms with Gasteiger partial charge in [0.25, 0.3) is 0 Å². The van der Waals surface area contributed by atoms with Crippen molar-refractivity contribution < 1.29 is 9.52 Å². The second-order valence-corrected chi connectivity index (χ2v) is 5.95. The van der Waals surface area contributed by atoms with E-state index in [2.05, 4.69) is 20.8 Å². The maximum absolute atomic E-state index is 10.7. The topological polar surface area (TPSA) is 36.6 Å². The average Bonchev–Trinajstić information content (AvgIpc) is 2.75. The lowest BCUT2D eigenvalue weighted by Crippen LogP contribution is -2.50. The summed E-state index contributed by atoms with van der Waals surface area (Å²) in [4.78, 5) is 2.16. The fraction of sp³-hybridized carbons (Fsp3) is 0.692. The minimum Gasteiger partial charge on any atom is -0.465 e. The van der Waals surface area contributed by atoms with Crippen molar-refractivity contribution in [1.82, 2.24) is 4.90 Å². The number of hydrogen-bond acceptors (Lipinski definition) is 3. The van der Waals surface area contributed by atoms with Crippen LogP contribution in [0.25, 0.3) is 0 Å². The van der Waals surface area contributed by atoms with Gasteiger partial charge in [0, 0.05) is 0 Å². The van der Waals surface area contributed by atoms with Crippen molar-refractivity contribution in [3.8, 4) is 0 Å². The molecule has 1 aliphatic carbocycles. The zero-order valence-corrected chi connectivity index (χ0v) is 12.0. The van der Waals surface area contributed by atoms with Gasteiger partial charge in [-0.15, -0.1) is 0 Å². The highest BCUT2D eigenvalue weighted by molar-refractivity contribution is 9.10. The number of hydrogen-bond donors (Lipinski definition) is 1. The van der Waals surface area contributed by atoms with Crippen LogP contribution in [0, 0.1) is 0 Å². The predicted octanol–water partition coefficient (Wildman–Crippen LogP) is 3.34. The van der Waals surface area contributed by atoms with Gasteiger partial charge in [0.1, 0.15) is 11.9 Å². The van der Waals surface area contributed by atoms with E-state index in [0.717, 1.165) is 17.3 Å². The van der Waals surface area contributed by atoms with Crippen LogP contribution >= 0.6 is 15.9 Å². The van der Waals surface area contributed by atoms with E-state index >= 15 is 0 Å². The maximum Gasteiger partial charge on any atom is 0.148 e. The first kappa shape index (κ1) is 13.1. The largest absolute Gasteiger partial charge is 0.465 e. The number of nitrogens with zero attached hydrogens (tertiary/aromatic N) is 1. The first-order valence-corrected chi connectivity index (χ1v) is 6.95. The first-order valence-electron chi connectivity index (χ1n) is 6.16. The van der Waals surface area contributed by atoms with Crippen LogP contribution in [0.4, 0.5) is 0 Å². The molecule has 0 saturated heterocycles. The van der Waals surface area contributed by atoms with Crippen LogP contribution in [0.5, 0.6) is 0 Å². The van der Waals surface area contributed by atoms with Crippen molar-refractivity contribution in [2.24, 2.45) is 0 Å². The molecule has 96 valence electrons. The molecule has 0 amide bonds. The summed E-state index contributed by atoms with van der Waals surface area (Å²) in [6.07, 6.45) is 6.71. The molecule has 1 unspecified atom stereocenters. The van der Waals surface area contributed by atoms with Gasteiger partial charge in [-0.3, -0.25) is 0 Å². The van der Waals surface area contributed by atoms with Crippen LogP contribution in [0.15, 0.2) is 21.2 Å². The lowest BCUT2D eigenvalue weighted by Gasteiger charge is -2.45. The van der Waals surface area contributed by atoms with E-state index < -0.39 is 6.10 Å². The third kappa shape index (κ3) is 2.30. The molecule has 4 heteroatoms. The van der Waals surface area contributed by atoms with E-state index in [1.165, 1.54) is 19.3 Å². The molecule has 1 fully saturated rings. The summed E-state index contributed by atoms with van der Waals surface area (Å²) in [6, 6.07) is 1.84. The van der Waals surface area contributed by atoms with E-state index in [1.807, 2.05) is 20.2 Å². The van der Waals surface area contributed by atoms with Crippen molar-refractivity contribution in [2.45, 2.75) is 43.7 Å². The molecule has 2 rings (SSSR count). The number of aliphatic hydroxyl groups excluding tert-OH is 1. The van der Waals surface area contributed by atoms with E-state index in [0.29, 0.717) is 5.76 Å². The average molecular weight is 302 g/mol. The number of likely N-dealkylation sites (N-methyl/N-ethyl adjacent to an activating group) is 1. The number of furan rings is 1. The summed E-state index contributed by atoms with van der Waals surface area (Å²) in [6.45, 7) is 0. The molecule has 3 nitrogen and oxygen atoms in total. The van der Waals surface area contributed by atoms with Gasteiger partial charge in [0.2, 0.25) is 0 Å². The monoisotopic (exact) mass is 301 g/mol. The minimum atomic E-state index is -0.567. The molecule has 1 saturated carbocycles. The normalized spacial score (nSPS) is 21.7. The fourth-order valence-electron chi connectivity index (χ4n) is 2.87. The summed E-state index contributed by atoms with van der Waals surface area (Å²) in [5.41, 5.74) is -0.182. The Balaban J connectivity index is 2.30. The molecular formula is C13H20BrNO2. The summed E-state index contributed by atoms with van der Waals surface area (Å²) in [7, 11) is 4.09. The summed E-state index contributed by atoms with van der Waals surface area (Å²) in [5, 5.41) is 10.7. The Labute approximate surface area is 111 Å². The zero-order valence-electron chi connectivity index (χ0n) is 10.4. The Morgan fingerprint density at radius 3 is 2.47 bits per heavy atom. The van der Waals surface area contributed by atoms with Crippen LogP contribution in [0.3, 0.4) is 0 Å². The Morgan fingerprint density at radius 1 is 1.35 bits per heavy atom. The minimum absolute atomic E-state index is 0.182. The van der Waals surface area contributed by atoms with Crippen LogP contribution in [-0.4, -0.2) is 29.6 Å². The number of aliphatic hydroxyl groups is 1. The second-order valence-electron chi connectivity index (χ2n) is 5.09. The Morgan fingerprint density at radius 2 is 2.00 bits per heavy atom. The van der Waals surface area contributed by atoms with E-state index in [9.17, 15) is 5.11 Å². The molecule has 17 heavy (non-hydrogen) atoms. The van der Waals surface area contributed by atoms with Crippen molar-refractivity contribution in [3.63, 3.8) is 0 Å². The first-order chi connectivity index (χ1) is 8.08. The molecular weight excluding hydrogens is 282 g/mol. The van der Waals surface area contributed by atoms with Crippen molar-refractivity contribution in [1.29, 1.82) is 0 Å². The molecule has 0 aromatic carbocycles. The van der Waals surface area contributed by atoms with Crippen LogP contribution < -0.4 is 0 Å². The molecule has 0 radical (unpaired) electrons. The second kappa shape index (κ2) is 5.12. The standard InChI is InChI=1S/C13H20BrNO2/c1-15(2)13(7-4-3-5-8-13)12(16)11-10(14)6-9-17-11/h6,9,12,16H,3-5,7-8H2,1-2H3. The highest BCUT2D eigenvalue weighted by Gasteiger charge is 2.43. The summed E-state index contributed by atoms with van der Waals surface area (Å²) < 4.78 is 6.29. The van der Waals surface area contributed by atoms with Crippen LogP contribution in [0.1, 0.15) is 44.0 Å². The maximum atomic E-state index is 10.7. The molecule has 1 N–H and O–H groups in total. The Hall–Kier alpha value is -0.320. The fourth-order valence-corrected chi connectivity index (χ4v) is 3.29. The number of rotatable bonds is 3. The molecule has 1 aliphatic rings. The summed E-state index contributed by atoms with van der Waals surface area (Å²) in [5.74, 6) is 0.653. The SMILES string of the molecule is CN(C)C1(C(O)c2occc2Br)CCCCC1. The van der Waals surface area contributed by atoms with Gasteiger partial charge in [-0.25, -0.2) is 0 Å². The van der Waals surface area contributed by atoms with Crippen LogP contribution in [0.2, 0.25) is 0 Å². The third-order valence-corrected chi connectivity index (χ3v) is 4.67. The molecule has 1 atom stereocenters. The smallest absolute Gasteiger partial charge is 0.148 e. The highest BCUT2D eigenvalue weighted by Crippen LogP contribution is 2.43. The lowest BCUT2D eigenvalue weighted by molar-refractivity contribution is -0.0444. The van der Waals surface area contributed by atoms with Crippen molar-refractivity contribution in [3.05, 3.63) is 22.6 Å².